The number of aromatic nitrogens is 1. The summed E-state index contributed by atoms with van der Waals surface area (Å²) in [6.07, 6.45) is 2.84. The third-order valence-electron chi connectivity index (χ3n) is 4.72. The summed E-state index contributed by atoms with van der Waals surface area (Å²) in [5.74, 6) is 1.91. The number of carboxylic acids is 1. The van der Waals surface area contributed by atoms with Crippen molar-refractivity contribution < 1.29 is 24.1 Å². The summed E-state index contributed by atoms with van der Waals surface area (Å²) >= 11 is 0. The van der Waals surface area contributed by atoms with E-state index in [-0.39, 0.29) is 6.61 Å². The van der Waals surface area contributed by atoms with E-state index in [0.717, 1.165) is 41.1 Å². The van der Waals surface area contributed by atoms with Gasteiger partial charge in [-0.2, -0.15) is 0 Å². The van der Waals surface area contributed by atoms with Gasteiger partial charge in [-0.1, -0.05) is 18.2 Å². The Hall–Kier alpha value is -3.93. The van der Waals surface area contributed by atoms with Crippen LogP contribution in [-0.2, 0) is 11.3 Å². The number of fused-ring (bicyclic) bond motifs is 1. The first-order chi connectivity index (χ1) is 15.2. The lowest BCUT2D eigenvalue weighted by atomic mass is 10.2. The molecule has 4 aromatic rings. The molecule has 0 saturated carbocycles. The highest BCUT2D eigenvalue weighted by atomic mass is 16.5. The number of carboxylic acid groups (broad SMARTS) is 1. The molecule has 1 N–H and O–H groups in total. The van der Waals surface area contributed by atoms with E-state index < -0.39 is 5.97 Å². The van der Waals surface area contributed by atoms with Crippen molar-refractivity contribution in [3.05, 3.63) is 85.1 Å². The van der Waals surface area contributed by atoms with Crippen molar-refractivity contribution >= 4 is 16.9 Å². The van der Waals surface area contributed by atoms with E-state index in [0.29, 0.717) is 12.4 Å². The number of carbonyl (C=O) groups is 1. The van der Waals surface area contributed by atoms with Crippen LogP contribution in [0.3, 0.4) is 0 Å². The highest BCUT2D eigenvalue weighted by Crippen LogP contribution is 2.24. The van der Waals surface area contributed by atoms with Crippen LogP contribution in [0.25, 0.3) is 10.9 Å². The number of benzene rings is 3. The fourth-order valence-corrected chi connectivity index (χ4v) is 3.25. The topological polar surface area (TPSA) is 69.9 Å². The van der Waals surface area contributed by atoms with Gasteiger partial charge in [0.05, 0.1) is 12.1 Å². The molecule has 6 nitrogen and oxygen atoms in total. The van der Waals surface area contributed by atoms with E-state index in [1.165, 1.54) is 0 Å². The van der Waals surface area contributed by atoms with Crippen LogP contribution >= 0.6 is 0 Å². The molecule has 0 saturated heterocycles. The predicted octanol–water partition coefficient (Wildman–Crippen LogP) is 5.37. The molecule has 158 valence electrons. The average molecular weight is 417 g/mol. The molecule has 3 aromatic carbocycles. The maximum atomic E-state index is 10.7. The summed E-state index contributed by atoms with van der Waals surface area (Å²) in [6.45, 7) is 1.00. The standard InChI is InChI=1S/C25H23NO5/c27-25(28)18-30-23-8-7-19-13-15-26(24(19)17-23)14-4-16-29-20-9-11-22(12-10-20)31-21-5-2-1-3-6-21/h1-3,5-13,15,17H,4,14,16,18H2,(H,27,28). The predicted molar refractivity (Wildman–Crippen MR) is 118 cm³/mol. The highest BCUT2D eigenvalue weighted by Gasteiger charge is 2.05. The van der Waals surface area contributed by atoms with Gasteiger partial charge in [-0.25, -0.2) is 4.79 Å². The SMILES string of the molecule is O=C(O)COc1ccc2ccn(CCCOc3ccc(Oc4ccccc4)cc3)c2c1. The zero-order valence-corrected chi connectivity index (χ0v) is 16.9. The molecule has 0 fully saturated rings. The van der Waals surface area contributed by atoms with Crippen LogP contribution in [0.5, 0.6) is 23.0 Å². The Bertz CT molecular complexity index is 1140. The molecule has 1 aromatic heterocycles. The number of nitrogens with zero attached hydrogens (tertiary/aromatic N) is 1. The Kier molecular flexibility index (Phi) is 6.38. The van der Waals surface area contributed by atoms with Crippen LogP contribution in [0.1, 0.15) is 6.42 Å². The monoisotopic (exact) mass is 417 g/mol. The van der Waals surface area contributed by atoms with Crippen LogP contribution in [0.4, 0.5) is 0 Å². The van der Waals surface area contributed by atoms with E-state index in [9.17, 15) is 4.79 Å². The third kappa shape index (κ3) is 5.57. The molecule has 0 spiro atoms. The number of aliphatic carboxylic acids is 1. The van der Waals surface area contributed by atoms with Gasteiger partial charge < -0.3 is 23.9 Å². The van der Waals surface area contributed by atoms with E-state index >= 15 is 0 Å². The summed E-state index contributed by atoms with van der Waals surface area (Å²) in [5.41, 5.74) is 1.00. The van der Waals surface area contributed by atoms with Crippen LogP contribution in [0.2, 0.25) is 0 Å². The fourth-order valence-electron chi connectivity index (χ4n) is 3.25. The number of hydrogen-bond donors (Lipinski definition) is 1. The lowest BCUT2D eigenvalue weighted by molar-refractivity contribution is -0.139. The minimum absolute atomic E-state index is 0.352. The van der Waals surface area contributed by atoms with Crippen molar-refractivity contribution in [2.75, 3.05) is 13.2 Å². The largest absolute Gasteiger partial charge is 0.494 e. The normalized spacial score (nSPS) is 10.7. The van der Waals surface area contributed by atoms with Crippen molar-refractivity contribution in [2.45, 2.75) is 13.0 Å². The fraction of sp³-hybridized carbons (Fsp3) is 0.160. The Morgan fingerprint density at radius 1 is 0.806 bits per heavy atom. The Balaban J connectivity index is 1.28. The second kappa shape index (κ2) is 9.71. The maximum Gasteiger partial charge on any atom is 0.341 e. The van der Waals surface area contributed by atoms with Gasteiger partial charge in [-0.05, 0) is 66.4 Å². The van der Waals surface area contributed by atoms with Crippen LogP contribution in [-0.4, -0.2) is 28.9 Å². The Morgan fingerprint density at radius 3 is 2.29 bits per heavy atom. The second-order valence-corrected chi connectivity index (χ2v) is 7.00. The van der Waals surface area contributed by atoms with Crippen molar-refractivity contribution in [1.29, 1.82) is 0 Å². The Labute approximate surface area is 180 Å². The number of para-hydroxylation sites is 1. The zero-order valence-electron chi connectivity index (χ0n) is 16.9. The molecule has 0 aliphatic heterocycles. The number of rotatable bonds is 10. The molecule has 0 aliphatic rings. The van der Waals surface area contributed by atoms with E-state index in [4.69, 9.17) is 19.3 Å². The lowest BCUT2D eigenvalue weighted by Crippen LogP contribution is -2.09. The molecule has 31 heavy (non-hydrogen) atoms. The molecule has 0 bridgehead atoms. The molecular weight excluding hydrogens is 394 g/mol. The molecule has 0 amide bonds. The molecule has 0 radical (unpaired) electrons. The first-order valence-corrected chi connectivity index (χ1v) is 10.1. The van der Waals surface area contributed by atoms with Crippen molar-refractivity contribution in [1.82, 2.24) is 4.57 Å². The number of aryl methyl sites for hydroxylation is 1. The Morgan fingerprint density at radius 2 is 1.52 bits per heavy atom. The van der Waals surface area contributed by atoms with Crippen LogP contribution in [0, 0.1) is 0 Å². The molecule has 0 atom stereocenters. The molecule has 1 heterocycles. The van der Waals surface area contributed by atoms with Gasteiger partial charge in [-0.3, -0.25) is 0 Å². The van der Waals surface area contributed by atoms with Gasteiger partial charge in [0.1, 0.15) is 23.0 Å². The first kappa shape index (κ1) is 20.3. The zero-order chi connectivity index (χ0) is 21.5. The molecule has 4 rings (SSSR count). The smallest absolute Gasteiger partial charge is 0.341 e. The highest BCUT2D eigenvalue weighted by molar-refractivity contribution is 5.81. The quantitative estimate of drug-likeness (QED) is 0.352. The first-order valence-electron chi connectivity index (χ1n) is 10.1. The molecule has 0 unspecified atom stereocenters. The van der Waals surface area contributed by atoms with Crippen LogP contribution < -0.4 is 14.2 Å². The van der Waals surface area contributed by atoms with Gasteiger partial charge in [0.15, 0.2) is 6.61 Å². The third-order valence-corrected chi connectivity index (χ3v) is 4.72. The van der Waals surface area contributed by atoms with Gasteiger partial charge in [0.25, 0.3) is 0 Å². The summed E-state index contributed by atoms with van der Waals surface area (Å²) in [4.78, 5) is 10.7. The van der Waals surface area contributed by atoms with Crippen molar-refractivity contribution in [2.24, 2.45) is 0 Å². The minimum Gasteiger partial charge on any atom is -0.494 e. The number of ether oxygens (including phenoxy) is 3. The van der Waals surface area contributed by atoms with Crippen molar-refractivity contribution in [3.8, 4) is 23.0 Å². The van der Waals surface area contributed by atoms with E-state index in [1.54, 1.807) is 6.07 Å². The average Bonchev–Trinajstić information content (AvgIpc) is 3.19. The van der Waals surface area contributed by atoms with Crippen molar-refractivity contribution in [3.63, 3.8) is 0 Å². The summed E-state index contributed by atoms with van der Waals surface area (Å²) in [5, 5.41) is 9.85. The second-order valence-electron chi connectivity index (χ2n) is 7.00. The lowest BCUT2D eigenvalue weighted by Gasteiger charge is -2.10. The number of hydrogen-bond acceptors (Lipinski definition) is 4. The summed E-state index contributed by atoms with van der Waals surface area (Å²) < 4.78 is 19.0. The maximum absolute atomic E-state index is 10.7. The molecular formula is C25H23NO5. The minimum atomic E-state index is -0.993. The van der Waals surface area contributed by atoms with Gasteiger partial charge in [0, 0.05) is 18.8 Å². The van der Waals surface area contributed by atoms with Gasteiger partial charge in [0.2, 0.25) is 0 Å². The summed E-state index contributed by atoms with van der Waals surface area (Å²) in [6, 6.07) is 24.8. The van der Waals surface area contributed by atoms with Gasteiger partial charge >= 0.3 is 5.97 Å². The van der Waals surface area contributed by atoms with Crippen LogP contribution in [0.15, 0.2) is 85.1 Å². The van der Waals surface area contributed by atoms with Gasteiger partial charge in [-0.15, -0.1) is 0 Å². The molecule has 0 aliphatic carbocycles. The van der Waals surface area contributed by atoms with E-state index in [1.807, 2.05) is 79.0 Å². The van der Waals surface area contributed by atoms with E-state index in [2.05, 4.69) is 4.57 Å². The summed E-state index contributed by atoms with van der Waals surface area (Å²) in [7, 11) is 0. The molecule has 6 heteroatoms.